The zero-order chi connectivity index (χ0) is 28.6. The van der Waals surface area contributed by atoms with Crippen LogP contribution in [-0.4, -0.2) is 52.6 Å². The van der Waals surface area contributed by atoms with Crippen molar-refractivity contribution in [3.05, 3.63) is 57.3 Å². The third-order valence-electron chi connectivity index (χ3n) is 5.55. The fourth-order valence-electron chi connectivity index (χ4n) is 3.51. The van der Waals surface area contributed by atoms with E-state index < -0.39 is 28.2 Å². The number of aliphatic carboxylic acids is 1. The molecule has 0 radical (unpaired) electrons. The van der Waals surface area contributed by atoms with Crippen LogP contribution in [0.2, 0.25) is 5.02 Å². The topological polar surface area (TPSA) is 134 Å². The predicted octanol–water partition coefficient (Wildman–Crippen LogP) is 4.02. The maximum atomic E-state index is 14.6. The van der Waals surface area contributed by atoms with Gasteiger partial charge in [0.2, 0.25) is 0 Å². The maximum Gasteiger partial charge on any atom is 0.490 e. The number of hydrogen-bond donors (Lipinski definition) is 3. The van der Waals surface area contributed by atoms with E-state index in [9.17, 15) is 30.8 Å². The van der Waals surface area contributed by atoms with Gasteiger partial charge in [0.15, 0.2) is 0 Å². The molecule has 4 rings (SSSR count). The van der Waals surface area contributed by atoms with Gasteiger partial charge in [-0.2, -0.15) is 25.9 Å². The van der Waals surface area contributed by atoms with Crippen molar-refractivity contribution in [2.75, 3.05) is 23.1 Å². The molecule has 0 unspecified atom stereocenters. The highest BCUT2D eigenvalue weighted by molar-refractivity contribution is 7.90. The number of aryl methyl sites for hydroxylation is 2. The first-order chi connectivity index (χ1) is 17.5. The number of carbonyl (C=O) groups is 1. The predicted molar refractivity (Wildman–Crippen MR) is 133 cm³/mol. The summed E-state index contributed by atoms with van der Waals surface area (Å²) in [7, 11) is -2.19. The molecule has 0 spiro atoms. The van der Waals surface area contributed by atoms with E-state index in [0.29, 0.717) is 35.2 Å². The van der Waals surface area contributed by atoms with Crippen LogP contribution in [-0.2, 0) is 22.1 Å². The van der Waals surface area contributed by atoms with E-state index in [4.69, 9.17) is 21.5 Å². The second-order valence-corrected chi connectivity index (χ2v) is 10.6. The van der Waals surface area contributed by atoms with Crippen molar-refractivity contribution in [1.82, 2.24) is 13.9 Å². The van der Waals surface area contributed by atoms with Crippen LogP contribution in [0, 0.1) is 18.7 Å². The van der Waals surface area contributed by atoms with E-state index in [1.165, 1.54) is 21.3 Å². The van der Waals surface area contributed by atoms with Gasteiger partial charge in [0.25, 0.3) is 5.56 Å². The lowest BCUT2D eigenvalue weighted by molar-refractivity contribution is -0.192. The standard InChI is InChI=1S/C20H21ClFN5O3S.C2HF3O2/c1-11-8-27(9-11)31(29,30)25-16-5-4-13(22)19(18(16)21)24-14-6-7-15-17(12(14)2)20(28)26(3)10-23-15;3-2(4,5)1(6)7/h4-7,10-11,24-25H,8-9H2,1-3H3;(H,6,7). The van der Waals surface area contributed by atoms with Crippen LogP contribution in [0.3, 0.4) is 0 Å². The second-order valence-electron chi connectivity index (χ2n) is 8.53. The number of fused-ring (bicyclic) bond motifs is 1. The molecule has 2 aromatic carbocycles. The molecule has 3 N–H and O–H groups in total. The summed E-state index contributed by atoms with van der Waals surface area (Å²) in [5.74, 6) is -3.13. The van der Waals surface area contributed by atoms with Gasteiger partial charge in [-0.15, -0.1) is 0 Å². The highest BCUT2D eigenvalue weighted by atomic mass is 35.5. The number of anilines is 3. The molecule has 16 heteroatoms. The molecule has 10 nitrogen and oxygen atoms in total. The number of carboxylic acids is 1. The number of aromatic nitrogens is 2. The molecule has 2 heterocycles. The van der Waals surface area contributed by atoms with Gasteiger partial charge in [0, 0.05) is 25.8 Å². The third-order valence-corrected chi connectivity index (χ3v) is 7.40. The Bertz CT molecular complexity index is 1560. The zero-order valence-corrected chi connectivity index (χ0v) is 21.7. The number of hydrogen-bond acceptors (Lipinski definition) is 6. The molecule has 0 aliphatic carbocycles. The second kappa shape index (κ2) is 10.7. The van der Waals surface area contributed by atoms with Crippen LogP contribution < -0.4 is 15.6 Å². The Labute approximate surface area is 219 Å². The first-order valence-corrected chi connectivity index (χ1v) is 12.6. The highest BCUT2D eigenvalue weighted by Crippen LogP contribution is 2.37. The van der Waals surface area contributed by atoms with Gasteiger partial charge < -0.3 is 15.0 Å². The molecular weight excluding hydrogens is 558 g/mol. The molecule has 1 fully saturated rings. The van der Waals surface area contributed by atoms with E-state index in [2.05, 4.69) is 15.0 Å². The van der Waals surface area contributed by atoms with Crippen LogP contribution in [0.5, 0.6) is 0 Å². The molecule has 1 saturated heterocycles. The van der Waals surface area contributed by atoms with Crippen molar-refractivity contribution in [3.8, 4) is 0 Å². The number of rotatable bonds is 5. The Hall–Kier alpha value is -3.43. The van der Waals surface area contributed by atoms with Gasteiger partial charge in [-0.3, -0.25) is 9.52 Å². The van der Waals surface area contributed by atoms with Gasteiger partial charge in [0.05, 0.1) is 33.6 Å². The molecular formula is C22H22ClF4N5O5S. The Kier molecular flexibility index (Phi) is 8.24. The zero-order valence-electron chi connectivity index (χ0n) is 20.1. The SMILES string of the molecule is Cc1c(Nc2c(F)ccc(NS(=O)(=O)N3CC(C)C3)c2Cl)ccc2ncn(C)c(=O)c12.O=C(O)C(F)(F)F. The molecule has 0 atom stereocenters. The van der Waals surface area contributed by atoms with Crippen LogP contribution in [0.25, 0.3) is 10.9 Å². The molecule has 38 heavy (non-hydrogen) atoms. The van der Waals surface area contributed by atoms with Gasteiger partial charge in [-0.05, 0) is 42.7 Å². The summed E-state index contributed by atoms with van der Waals surface area (Å²) in [6.45, 7) is 4.50. The van der Waals surface area contributed by atoms with Crippen LogP contribution in [0.15, 0.2) is 35.4 Å². The van der Waals surface area contributed by atoms with E-state index in [0.717, 1.165) is 6.07 Å². The summed E-state index contributed by atoms with van der Waals surface area (Å²) in [5.41, 5.74) is 1.27. The summed E-state index contributed by atoms with van der Waals surface area (Å²) < 4.78 is 76.4. The lowest BCUT2D eigenvalue weighted by Crippen LogP contribution is -2.50. The Balaban J connectivity index is 0.000000505. The van der Waals surface area contributed by atoms with Crippen LogP contribution in [0.1, 0.15) is 12.5 Å². The van der Waals surface area contributed by atoms with E-state index >= 15 is 0 Å². The van der Waals surface area contributed by atoms with Gasteiger partial charge in [-0.25, -0.2) is 14.2 Å². The van der Waals surface area contributed by atoms with Crippen molar-refractivity contribution < 1.29 is 35.9 Å². The number of alkyl halides is 3. The normalized spacial score (nSPS) is 14.4. The average Bonchev–Trinajstić information content (AvgIpc) is 2.79. The highest BCUT2D eigenvalue weighted by Gasteiger charge is 2.38. The number of halogens is 5. The van der Waals surface area contributed by atoms with Gasteiger partial charge >= 0.3 is 22.4 Å². The van der Waals surface area contributed by atoms with Crippen molar-refractivity contribution in [1.29, 1.82) is 0 Å². The molecule has 0 saturated carbocycles. The summed E-state index contributed by atoms with van der Waals surface area (Å²) >= 11 is 6.37. The third kappa shape index (κ3) is 6.16. The first kappa shape index (κ1) is 29.1. The minimum absolute atomic E-state index is 0.0566. The van der Waals surface area contributed by atoms with Gasteiger partial charge in [0.1, 0.15) is 5.82 Å². The monoisotopic (exact) mass is 579 g/mol. The van der Waals surface area contributed by atoms with E-state index in [1.807, 2.05) is 6.92 Å². The molecule has 3 aromatic rings. The summed E-state index contributed by atoms with van der Waals surface area (Å²) in [6.07, 6.45) is -3.65. The van der Waals surface area contributed by atoms with Crippen molar-refractivity contribution in [2.45, 2.75) is 20.0 Å². The van der Waals surface area contributed by atoms with Crippen LogP contribution in [0.4, 0.5) is 34.6 Å². The average molecular weight is 580 g/mol. The Morgan fingerprint density at radius 1 is 1.18 bits per heavy atom. The number of carboxylic acid groups (broad SMARTS) is 1. The molecule has 0 bridgehead atoms. The summed E-state index contributed by atoms with van der Waals surface area (Å²) in [4.78, 5) is 25.7. The lowest BCUT2D eigenvalue weighted by Gasteiger charge is -2.35. The fourth-order valence-corrected chi connectivity index (χ4v) is 5.29. The molecule has 1 aliphatic rings. The first-order valence-electron chi connectivity index (χ1n) is 10.8. The van der Waals surface area contributed by atoms with Crippen molar-refractivity contribution >= 4 is 55.7 Å². The number of nitrogens with zero attached hydrogens (tertiary/aromatic N) is 3. The molecule has 206 valence electrons. The maximum absolute atomic E-state index is 14.6. The summed E-state index contributed by atoms with van der Waals surface area (Å²) in [6, 6.07) is 5.71. The van der Waals surface area contributed by atoms with E-state index in [-0.39, 0.29) is 27.9 Å². The lowest BCUT2D eigenvalue weighted by atomic mass is 10.1. The quantitative estimate of drug-likeness (QED) is 0.389. The van der Waals surface area contributed by atoms with E-state index in [1.54, 1.807) is 26.1 Å². The Morgan fingerprint density at radius 2 is 1.76 bits per heavy atom. The smallest absolute Gasteiger partial charge is 0.475 e. The molecule has 0 amide bonds. The Morgan fingerprint density at radius 3 is 2.32 bits per heavy atom. The molecule has 1 aliphatic heterocycles. The minimum atomic E-state index is -5.08. The van der Waals surface area contributed by atoms with Crippen LogP contribution >= 0.6 is 11.6 Å². The van der Waals surface area contributed by atoms with Crippen molar-refractivity contribution in [3.63, 3.8) is 0 Å². The minimum Gasteiger partial charge on any atom is -0.475 e. The number of nitrogens with one attached hydrogen (secondary N) is 2. The fraction of sp³-hybridized carbons (Fsp3) is 0.318. The number of benzene rings is 2. The van der Waals surface area contributed by atoms with Crippen molar-refractivity contribution in [2.24, 2.45) is 13.0 Å². The summed E-state index contributed by atoms with van der Waals surface area (Å²) in [5, 5.41) is 10.3. The molecule has 1 aromatic heterocycles. The largest absolute Gasteiger partial charge is 0.490 e. The van der Waals surface area contributed by atoms with Gasteiger partial charge in [-0.1, -0.05) is 18.5 Å².